The lowest BCUT2D eigenvalue weighted by atomic mass is 10.0. The molecule has 308 valence electrons. The third-order valence-electron chi connectivity index (χ3n) is 9.18. The van der Waals surface area contributed by atoms with Crippen molar-refractivity contribution < 1.29 is 26.4 Å². The molecular weight excluding hydrogens is 865 g/mol. The molecule has 0 aromatic heterocycles. The summed E-state index contributed by atoms with van der Waals surface area (Å²) in [6.07, 6.45) is 7.74. The van der Waals surface area contributed by atoms with Crippen LogP contribution in [0.3, 0.4) is 0 Å². The number of hydrogen-bond acceptors (Lipinski definition) is 8. The number of para-hydroxylation sites is 1. The molecule has 2 fully saturated rings. The lowest BCUT2D eigenvalue weighted by Gasteiger charge is -2.28. The summed E-state index contributed by atoms with van der Waals surface area (Å²) >= 11 is 15.9. The van der Waals surface area contributed by atoms with Crippen LogP contribution in [0.1, 0.15) is 78.7 Å². The molecule has 4 aromatic carbocycles. The topological polar surface area (TPSA) is 161 Å². The first kappa shape index (κ1) is 48.7. The summed E-state index contributed by atoms with van der Waals surface area (Å²) in [6.45, 7) is 8.86. The zero-order valence-corrected chi connectivity index (χ0v) is 37.9. The minimum absolute atomic E-state index is 0.000466. The van der Waals surface area contributed by atoms with Crippen LogP contribution in [0.15, 0.2) is 101 Å². The molecule has 4 N–H and O–H groups in total. The number of anilines is 2. The van der Waals surface area contributed by atoms with Gasteiger partial charge in [-0.05, 0) is 123 Å². The fourth-order valence-corrected chi connectivity index (χ4v) is 8.77. The molecule has 17 heteroatoms. The molecule has 2 aliphatic rings. The quantitative estimate of drug-likeness (QED) is 0.0954. The minimum atomic E-state index is -3.98. The van der Waals surface area contributed by atoms with Crippen LogP contribution in [-0.2, 0) is 20.0 Å². The van der Waals surface area contributed by atoms with Gasteiger partial charge in [0.05, 0.1) is 10.0 Å². The van der Waals surface area contributed by atoms with Gasteiger partial charge in [0.2, 0.25) is 20.0 Å². The van der Waals surface area contributed by atoms with Gasteiger partial charge in [0.25, 0.3) is 5.24 Å². The number of hydrogen-bond donors (Lipinski definition) is 2. The Balaban J connectivity index is 0.000000230. The molecule has 0 atom stereocenters. The lowest BCUT2D eigenvalue weighted by Crippen LogP contribution is -2.29. The van der Waals surface area contributed by atoms with Crippen LogP contribution in [0.25, 0.3) is 0 Å². The van der Waals surface area contributed by atoms with Crippen LogP contribution in [0.2, 0.25) is 20.6 Å². The molecule has 0 bridgehead atoms. The van der Waals surface area contributed by atoms with E-state index in [9.17, 15) is 26.4 Å². The Morgan fingerprint density at radius 2 is 0.982 bits per heavy atom. The normalized spacial score (nSPS) is 14.1. The number of rotatable bonds is 9. The highest BCUT2D eigenvalue weighted by atomic mass is 35.6. The average Bonchev–Trinajstić information content (AvgIpc) is 3.21. The number of nitrogens with zero attached hydrogens (tertiary/aromatic N) is 2. The predicted octanol–water partition coefficient (Wildman–Crippen LogP) is 9.51. The van der Waals surface area contributed by atoms with Crippen molar-refractivity contribution in [2.24, 2.45) is 10.3 Å². The highest BCUT2D eigenvalue weighted by Crippen LogP contribution is 2.26. The summed E-state index contributed by atoms with van der Waals surface area (Å²) in [5, 5.41) is 11.6. The Morgan fingerprint density at radius 1 is 0.596 bits per heavy atom. The Kier molecular flexibility index (Phi) is 20.3. The number of benzene rings is 4. The van der Waals surface area contributed by atoms with Crippen molar-refractivity contribution in [1.29, 1.82) is 0 Å². The van der Waals surface area contributed by atoms with Gasteiger partial charge in [-0.2, -0.15) is 0 Å². The van der Waals surface area contributed by atoms with Gasteiger partial charge >= 0.3 is 13.2 Å². The summed E-state index contributed by atoms with van der Waals surface area (Å²) in [5.74, 6) is -0.272. The first-order valence-corrected chi connectivity index (χ1v) is 26.2. The molecule has 0 saturated carbocycles. The Labute approximate surface area is 361 Å². The van der Waals surface area contributed by atoms with Gasteiger partial charge in [0.15, 0.2) is 5.78 Å². The van der Waals surface area contributed by atoms with Gasteiger partial charge in [-0.1, -0.05) is 65.8 Å². The van der Waals surface area contributed by atoms with E-state index in [0.717, 1.165) is 24.8 Å². The van der Waals surface area contributed by atoms with Crippen LogP contribution in [0, 0.1) is 0 Å². The highest BCUT2D eigenvalue weighted by molar-refractivity contribution is 7.89. The maximum absolute atomic E-state index is 12.6. The van der Waals surface area contributed by atoms with Crippen molar-refractivity contribution in [2.45, 2.75) is 72.7 Å². The average molecular weight is 915 g/mol. The second-order valence-corrected chi connectivity index (χ2v) is 22.3. The number of nitrogens with two attached hydrogens (primary N) is 2. The van der Waals surface area contributed by atoms with E-state index >= 15 is 0 Å². The molecule has 0 radical (unpaired) electrons. The van der Waals surface area contributed by atoms with Crippen molar-refractivity contribution >= 4 is 101 Å². The molecule has 2 aliphatic heterocycles. The van der Waals surface area contributed by atoms with E-state index in [2.05, 4.69) is 54.0 Å². The van der Waals surface area contributed by atoms with Crippen LogP contribution < -0.4 is 20.1 Å². The van der Waals surface area contributed by atoms with Gasteiger partial charge in [0.1, 0.15) is 9.79 Å². The van der Waals surface area contributed by atoms with Gasteiger partial charge in [-0.3, -0.25) is 19.6 Å². The summed E-state index contributed by atoms with van der Waals surface area (Å²) in [4.78, 5) is 27.6. The van der Waals surface area contributed by atoms with Crippen molar-refractivity contribution in [3.05, 3.63) is 118 Å². The first-order valence-electron chi connectivity index (χ1n) is 18.6. The highest BCUT2D eigenvalue weighted by Gasteiger charge is 2.19. The molecule has 0 unspecified atom stereocenters. The zero-order chi connectivity index (χ0) is 42.2. The number of carbonyl (C=O) groups is 2. The number of halogens is 4. The van der Waals surface area contributed by atoms with Crippen LogP contribution in [0.5, 0.6) is 0 Å². The third kappa shape index (κ3) is 16.1. The number of primary sulfonamides is 2. The molecule has 2 saturated heterocycles. The summed E-state index contributed by atoms with van der Waals surface area (Å²) in [7, 11) is -2.13. The standard InChI is InChI=1S/C18H19ClN2O3S.C11H15N.C7H5Cl2NO3S.2C2H5.Al.ClH/c19-16-9-6-14(12-17(16)25(20,23)24)18(22)13-4-7-15(8-5-13)21-10-2-1-3-11-21;1-3-7-11(8-4-1)12-9-5-2-6-10-12;8-5-2-1-4(7(9)11)3-6(5)14(10,12)13;2*1-2;;/h4-9,12H,1-3,10-11H2,(H2,20,23,24);1,3-4,7-8H,2,5-6,9-10H2;1-3H,(H2,10,12,13);2*1H2,2H3;;1H/q;;;;;+1;/p-1. The molecule has 57 heavy (non-hydrogen) atoms. The summed E-state index contributed by atoms with van der Waals surface area (Å²) in [5.41, 5.74) is 3.23. The molecule has 0 amide bonds. The largest absolute Gasteiger partial charge is 0.399 e. The first-order chi connectivity index (χ1) is 27.0. The van der Waals surface area contributed by atoms with Crippen LogP contribution in [-0.4, -0.2) is 67.3 Å². The van der Waals surface area contributed by atoms with Gasteiger partial charge in [-0.15, -0.1) is 0 Å². The fraction of sp³-hybridized carbons (Fsp3) is 0.350. The number of sulfonamides is 2. The number of piperidine rings is 2. The van der Waals surface area contributed by atoms with E-state index in [-0.39, 0.29) is 36.7 Å². The molecular formula is C40H49AlCl4N4O6S2. The molecule has 2 heterocycles. The number of ketones is 1. The summed E-state index contributed by atoms with van der Waals surface area (Å²) < 4.78 is 45.1. The second-order valence-electron chi connectivity index (χ2n) is 13.4. The van der Waals surface area contributed by atoms with Crippen molar-refractivity contribution in [2.75, 3.05) is 36.0 Å². The Morgan fingerprint density at radius 3 is 1.37 bits per heavy atom. The molecule has 0 aliphatic carbocycles. The Hall–Kier alpha value is -2.67. The van der Waals surface area contributed by atoms with Crippen molar-refractivity contribution in [3.63, 3.8) is 0 Å². The monoisotopic (exact) mass is 912 g/mol. The maximum Gasteiger partial charge on any atom is 0.399 e. The zero-order valence-electron chi connectivity index (χ0n) is 32.0. The number of carbonyl (C=O) groups excluding carboxylic acids is 2. The SMILES string of the molecule is C[CH2][Al]([Cl])[CH2]C.NS(=O)(=O)c1cc(C(=O)Cl)ccc1Cl.NS(=O)(=O)c1cc(C(=O)c2ccc(N3CCCCC3)cc2)ccc1Cl.c1ccc(N2CCCCC2)cc1. The third-order valence-corrected chi connectivity index (χ3v) is 15.8. The van der Waals surface area contributed by atoms with Gasteiger partial charge in [-0.25, -0.2) is 27.1 Å². The van der Waals surface area contributed by atoms with Crippen LogP contribution in [0.4, 0.5) is 11.4 Å². The van der Waals surface area contributed by atoms with E-state index in [0.29, 0.717) is 5.56 Å². The second kappa shape index (κ2) is 23.8. The van der Waals surface area contributed by atoms with Crippen LogP contribution >= 0.6 is 44.9 Å². The fourth-order valence-electron chi connectivity index (χ4n) is 5.93. The van der Waals surface area contributed by atoms with Gasteiger partial charge in [0, 0.05) is 54.2 Å². The van der Waals surface area contributed by atoms with E-state index in [1.807, 2.05) is 12.1 Å². The van der Waals surface area contributed by atoms with E-state index in [1.165, 1.54) is 98.2 Å². The van der Waals surface area contributed by atoms with E-state index in [4.69, 9.17) is 55.1 Å². The molecule has 10 nitrogen and oxygen atoms in total. The smallest absolute Gasteiger partial charge is 0.372 e. The van der Waals surface area contributed by atoms with E-state index < -0.39 is 38.5 Å². The van der Waals surface area contributed by atoms with Crippen molar-refractivity contribution in [3.8, 4) is 0 Å². The van der Waals surface area contributed by atoms with E-state index in [1.54, 1.807) is 12.1 Å². The van der Waals surface area contributed by atoms with Crippen molar-refractivity contribution in [1.82, 2.24) is 0 Å². The molecule has 0 spiro atoms. The summed E-state index contributed by atoms with van der Waals surface area (Å²) in [6, 6.07) is 25.8. The predicted molar refractivity (Wildman–Crippen MR) is 237 cm³/mol. The lowest BCUT2D eigenvalue weighted by molar-refractivity contribution is 0.103. The molecule has 4 aromatic rings. The molecule has 6 rings (SSSR count). The Bertz CT molecular complexity index is 2130. The maximum atomic E-state index is 12.6. The minimum Gasteiger partial charge on any atom is -0.372 e. The van der Waals surface area contributed by atoms with Gasteiger partial charge < -0.3 is 9.80 Å².